The zero-order valence-electron chi connectivity index (χ0n) is 11.6. The number of hydrogen-bond donors (Lipinski definition) is 1. The number of halogens is 1. The Hall–Kier alpha value is -1.42. The SMILES string of the molecule is COc1cc(NC(C)c2cc(C)oc2C)ccc1Br. The molecule has 1 atom stereocenters. The van der Waals surface area contributed by atoms with Gasteiger partial charge in [0.25, 0.3) is 0 Å². The molecule has 0 saturated heterocycles. The van der Waals surface area contributed by atoms with Gasteiger partial charge < -0.3 is 14.5 Å². The van der Waals surface area contributed by atoms with Crippen LogP contribution in [0.2, 0.25) is 0 Å². The van der Waals surface area contributed by atoms with E-state index in [1.165, 1.54) is 5.56 Å². The summed E-state index contributed by atoms with van der Waals surface area (Å²) in [6.45, 7) is 6.07. The van der Waals surface area contributed by atoms with Crippen LogP contribution in [-0.2, 0) is 0 Å². The molecule has 0 aliphatic rings. The van der Waals surface area contributed by atoms with E-state index < -0.39 is 0 Å². The molecule has 3 nitrogen and oxygen atoms in total. The van der Waals surface area contributed by atoms with Crippen molar-refractivity contribution in [1.82, 2.24) is 0 Å². The maximum atomic E-state index is 5.57. The summed E-state index contributed by atoms with van der Waals surface area (Å²) in [5, 5.41) is 3.45. The third-order valence-corrected chi connectivity index (χ3v) is 3.74. The van der Waals surface area contributed by atoms with Crippen LogP contribution in [0, 0.1) is 13.8 Å². The molecule has 1 aromatic heterocycles. The second kappa shape index (κ2) is 5.70. The predicted molar refractivity (Wildman–Crippen MR) is 80.9 cm³/mol. The van der Waals surface area contributed by atoms with Crippen molar-refractivity contribution in [3.8, 4) is 5.75 Å². The number of nitrogens with one attached hydrogen (secondary N) is 1. The molecule has 1 heterocycles. The number of benzene rings is 1. The Morgan fingerprint density at radius 2 is 2.00 bits per heavy atom. The Morgan fingerprint density at radius 1 is 1.26 bits per heavy atom. The minimum atomic E-state index is 0.184. The van der Waals surface area contributed by atoms with Crippen molar-refractivity contribution >= 4 is 21.6 Å². The lowest BCUT2D eigenvalue weighted by molar-refractivity contribution is 0.412. The lowest BCUT2D eigenvalue weighted by atomic mass is 10.1. The fourth-order valence-electron chi connectivity index (χ4n) is 2.16. The number of methoxy groups -OCH3 is 1. The number of aryl methyl sites for hydroxylation is 2. The topological polar surface area (TPSA) is 34.4 Å². The van der Waals surface area contributed by atoms with Crippen LogP contribution < -0.4 is 10.1 Å². The van der Waals surface area contributed by atoms with Crippen molar-refractivity contribution in [3.63, 3.8) is 0 Å². The monoisotopic (exact) mass is 323 g/mol. The van der Waals surface area contributed by atoms with E-state index in [1.807, 2.05) is 32.0 Å². The molecule has 0 aliphatic heterocycles. The van der Waals surface area contributed by atoms with Gasteiger partial charge in [0.1, 0.15) is 17.3 Å². The zero-order valence-corrected chi connectivity index (χ0v) is 13.2. The maximum absolute atomic E-state index is 5.57. The second-order valence-corrected chi connectivity index (χ2v) is 5.44. The molecule has 102 valence electrons. The predicted octanol–water partition coefficient (Wildman–Crippen LogP) is 4.84. The third kappa shape index (κ3) is 3.13. The van der Waals surface area contributed by atoms with E-state index in [9.17, 15) is 0 Å². The third-order valence-electron chi connectivity index (χ3n) is 3.08. The van der Waals surface area contributed by atoms with Gasteiger partial charge in [-0.2, -0.15) is 0 Å². The summed E-state index contributed by atoms with van der Waals surface area (Å²) in [5.41, 5.74) is 2.20. The van der Waals surface area contributed by atoms with E-state index in [0.29, 0.717) is 0 Å². The van der Waals surface area contributed by atoms with E-state index in [1.54, 1.807) is 7.11 Å². The molecule has 19 heavy (non-hydrogen) atoms. The highest BCUT2D eigenvalue weighted by Crippen LogP contribution is 2.30. The van der Waals surface area contributed by atoms with Crippen molar-refractivity contribution in [2.45, 2.75) is 26.8 Å². The summed E-state index contributed by atoms with van der Waals surface area (Å²) in [7, 11) is 1.66. The molecule has 0 bridgehead atoms. The Kier molecular flexibility index (Phi) is 4.20. The Labute approximate surface area is 122 Å². The van der Waals surface area contributed by atoms with Gasteiger partial charge in [-0.1, -0.05) is 0 Å². The first-order chi connectivity index (χ1) is 9.01. The lowest BCUT2D eigenvalue weighted by Crippen LogP contribution is -2.06. The van der Waals surface area contributed by atoms with Gasteiger partial charge in [0.05, 0.1) is 17.6 Å². The van der Waals surface area contributed by atoms with Gasteiger partial charge in [0.15, 0.2) is 0 Å². The summed E-state index contributed by atoms with van der Waals surface area (Å²) in [4.78, 5) is 0. The Balaban J connectivity index is 2.19. The van der Waals surface area contributed by atoms with Crippen LogP contribution in [0.1, 0.15) is 30.0 Å². The van der Waals surface area contributed by atoms with E-state index >= 15 is 0 Å². The van der Waals surface area contributed by atoms with Gasteiger partial charge in [-0.15, -0.1) is 0 Å². The zero-order chi connectivity index (χ0) is 14.0. The maximum Gasteiger partial charge on any atom is 0.135 e. The second-order valence-electron chi connectivity index (χ2n) is 4.58. The normalized spacial score (nSPS) is 12.3. The van der Waals surface area contributed by atoms with Crippen molar-refractivity contribution < 1.29 is 9.15 Å². The highest BCUT2D eigenvalue weighted by molar-refractivity contribution is 9.10. The fraction of sp³-hybridized carbons (Fsp3) is 0.333. The van der Waals surface area contributed by atoms with E-state index in [2.05, 4.69) is 34.2 Å². The number of furan rings is 1. The van der Waals surface area contributed by atoms with Gasteiger partial charge in [0, 0.05) is 17.3 Å². The molecule has 1 aromatic carbocycles. The van der Waals surface area contributed by atoms with Crippen LogP contribution in [0.3, 0.4) is 0 Å². The minimum absolute atomic E-state index is 0.184. The molecule has 2 aromatic rings. The summed E-state index contributed by atoms with van der Waals surface area (Å²) >= 11 is 3.45. The van der Waals surface area contributed by atoms with Crippen LogP contribution in [-0.4, -0.2) is 7.11 Å². The van der Waals surface area contributed by atoms with Gasteiger partial charge >= 0.3 is 0 Å². The van der Waals surface area contributed by atoms with Gasteiger partial charge in [0.2, 0.25) is 0 Å². The van der Waals surface area contributed by atoms with Crippen LogP contribution in [0.15, 0.2) is 33.2 Å². The van der Waals surface area contributed by atoms with Crippen LogP contribution in [0.5, 0.6) is 5.75 Å². The first-order valence-electron chi connectivity index (χ1n) is 6.18. The fourth-order valence-corrected chi connectivity index (χ4v) is 2.57. The van der Waals surface area contributed by atoms with E-state index in [4.69, 9.17) is 9.15 Å². The smallest absolute Gasteiger partial charge is 0.135 e. The number of anilines is 1. The quantitative estimate of drug-likeness (QED) is 0.874. The number of rotatable bonds is 4. The number of hydrogen-bond acceptors (Lipinski definition) is 3. The van der Waals surface area contributed by atoms with Crippen molar-refractivity contribution in [2.24, 2.45) is 0 Å². The highest BCUT2D eigenvalue weighted by Gasteiger charge is 2.13. The average molecular weight is 324 g/mol. The first-order valence-corrected chi connectivity index (χ1v) is 6.97. The molecular formula is C15H18BrNO2. The summed E-state index contributed by atoms with van der Waals surface area (Å²) < 4.78 is 11.8. The molecule has 1 N–H and O–H groups in total. The van der Waals surface area contributed by atoms with Crippen molar-refractivity contribution in [2.75, 3.05) is 12.4 Å². The lowest BCUT2D eigenvalue weighted by Gasteiger charge is -2.15. The number of ether oxygens (including phenoxy) is 1. The molecule has 2 rings (SSSR count). The largest absolute Gasteiger partial charge is 0.495 e. The molecule has 0 saturated carbocycles. The average Bonchev–Trinajstić information content (AvgIpc) is 2.71. The van der Waals surface area contributed by atoms with Gasteiger partial charge in [-0.25, -0.2) is 0 Å². The molecular weight excluding hydrogens is 306 g/mol. The summed E-state index contributed by atoms with van der Waals surface area (Å²) in [6, 6.07) is 8.22. The molecule has 0 amide bonds. The van der Waals surface area contributed by atoms with Crippen LogP contribution in [0.4, 0.5) is 5.69 Å². The van der Waals surface area contributed by atoms with Crippen LogP contribution in [0.25, 0.3) is 0 Å². The van der Waals surface area contributed by atoms with Gasteiger partial charge in [-0.3, -0.25) is 0 Å². The molecule has 0 radical (unpaired) electrons. The minimum Gasteiger partial charge on any atom is -0.495 e. The first kappa shape index (κ1) is 14.0. The van der Waals surface area contributed by atoms with E-state index in [0.717, 1.165) is 27.4 Å². The Bertz CT molecular complexity index is 578. The molecule has 4 heteroatoms. The molecule has 0 spiro atoms. The summed E-state index contributed by atoms with van der Waals surface area (Å²) in [6.07, 6.45) is 0. The van der Waals surface area contributed by atoms with Gasteiger partial charge in [-0.05, 0) is 54.9 Å². The standard InChI is InChI=1S/C15H18BrNO2/c1-9-7-13(11(3)19-9)10(2)17-12-5-6-14(16)15(8-12)18-4/h5-8,10,17H,1-4H3. The summed E-state index contributed by atoms with van der Waals surface area (Å²) in [5.74, 6) is 2.72. The Morgan fingerprint density at radius 3 is 2.58 bits per heavy atom. The molecule has 1 unspecified atom stereocenters. The molecule has 0 fully saturated rings. The van der Waals surface area contributed by atoms with E-state index in [-0.39, 0.29) is 6.04 Å². The van der Waals surface area contributed by atoms with Crippen LogP contribution >= 0.6 is 15.9 Å². The van der Waals surface area contributed by atoms with Crippen molar-refractivity contribution in [1.29, 1.82) is 0 Å². The van der Waals surface area contributed by atoms with Crippen molar-refractivity contribution in [3.05, 3.63) is 45.8 Å². The highest BCUT2D eigenvalue weighted by atomic mass is 79.9. The molecule has 0 aliphatic carbocycles.